The highest BCUT2D eigenvalue weighted by atomic mass is 16.3. The molecule has 4 nitrogen and oxygen atoms in total. The lowest BCUT2D eigenvalue weighted by molar-refractivity contribution is -0.128. The van der Waals surface area contributed by atoms with Crippen LogP contribution in [-0.4, -0.2) is 35.6 Å². The number of rotatable bonds is 6. The lowest BCUT2D eigenvalue weighted by Gasteiger charge is -2.21. The van der Waals surface area contributed by atoms with Crippen LogP contribution in [0.1, 0.15) is 12.2 Å². The molecule has 1 aromatic heterocycles. The molecule has 1 N–H and O–H groups in total. The van der Waals surface area contributed by atoms with E-state index in [1.165, 1.54) is 0 Å². The molecule has 0 bridgehead atoms. The number of hydrogen-bond acceptors (Lipinski definition) is 3. The molecule has 1 fully saturated rings. The van der Waals surface area contributed by atoms with E-state index < -0.39 is 0 Å². The molecule has 4 heteroatoms. The van der Waals surface area contributed by atoms with Gasteiger partial charge in [-0.25, -0.2) is 0 Å². The van der Waals surface area contributed by atoms with E-state index in [4.69, 9.17) is 4.42 Å². The van der Waals surface area contributed by atoms with Crippen molar-refractivity contribution < 1.29 is 14.3 Å². The molecule has 2 unspecified atom stereocenters. The molecule has 2 heterocycles. The Morgan fingerprint density at radius 1 is 1.67 bits per heavy atom. The molecule has 2 rings (SSSR count). The monoisotopic (exact) mass is 249 g/mol. The number of carbonyl (C=O) groups excluding carboxylic acids is 1. The van der Waals surface area contributed by atoms with Gasteiger partial charge in [-0.2, -0.15) is 0 Å². The van der Waals surface area contributed by atoms with Crippen LogP contribution in [0.15, 0.2) is 35.5 Å². The average Bonchev–Trinajstić information content (AvgIpc) is 2.99. The topological polar surface area (TPSA) is 53.7 Å². The molecule has 1 saturated heterocycles. The fourth-order valence-electron chi connectivity index (χ4n) is 2.35. The number of nitrogens with zero attached hydrogens (tertiary/aromatic N) is 1. The van der Waals surface area contributed by atoms with E-state index in [1.54, 1.807) is 6.26 Å². The Kier molecular flexibility index (Phi) is 4.20. The van der Waals surface area contributed by atoms with Crippen molar-refractivity contribution in [1.29, 1.82) is 0 Å². The van der Waals surface area contributed by atoms with Crippen molar-refractivity contribution in [3.63, 3.8) is 0 Å². The van der Waals surface area contributed by atoms with Gasteiger partial charge in [-0.3, -0.25) is 4.79 Å². The van der Waals surface area contributed by atoms with Gasteiger partial charge in [0.1, 0.15) is 5.76 Å². The van der Waals surface area contributed by atoms with Gasteiger partial charge in [0, 0.05) is 44.4 Å². The summed E-state index contributed by atoms with van der Waals surface area (Å²) in [6, 6.07) is 3.72. The molecule has 98 valence electrons. The summed E-state index contributed by atoms with van der Waals surface area (Å²) >= 11 is 0. The minimum absolute atomic E-state index is 0.0312. The highest BCUT2D eigenvalue weighted by molar-refractivity contribution is 5.79. The van der Waals surface area contributed by atoms with Crippen molar-refractivity contribution in [2.45, 2.75) is 12.8 Å². The zero-order valence-corrected chi connectivity index (χ0v) is 10.4. The minimum atomic E-state index is 0.0312. The molecule has 0 spiro atoms. The molecular weight excluding hydrogens is 230 g/mol. The highest BCUT2D eigenvalue weighted by Crippen LogP contribution is 2.20. The number of carbonyl (C=O) groups is 1. The summed E-state index contributed by atoms with van der Waals surface area (Å²) in [4.78, 5) is 13.6. The second kappa shape index (κ2) is 5.87. The zero-order valence-electron chi connectivity index (χ0n) is 10.4. The SMILES string of the molecule is C=CC1CC(=O)N(CC(CO)Cc2ccco2)C1. The van der Waals surface area contributed by atoms with Gasteiger partial charge in [0.15, 0.2) is 0 Å². The predicted octanol–water partition coefficient (Wildman–Crippen LogP) is 1.47. The summed E-state index contributed by atoms with van der Waals surface area (Å²) in [5.74, 6) is 1.28. The van der Waals surface area contributed by atoms with Crippen molar-refractivity contribution in [2.75, 3.05) is 19.7 Å². The lowest BCUT2D eigenvalue weighted by atomic mass is 10.0. The molecule has 0 saturated carbocycles. The Labute approximate surface area is 107 Å². The van der Waals surface area contributed by atoms with Gasteiger partial charge in [0.05, 0.1) is 6.26 Å². The maximum Gasteiger partial charge on any atom is 0.223 e. The van der Waals surface area contributed by atoms with Gasteiger partial charge in [-0.15, -0.1) is 6.58 Å². The number of amides is 1. The van der Waals surface area contributed by atoms with Crippen molar-refractivity contribution in [2.24, 2.45) is 11.8 Å². The quantitative estimate of drug-likeness (QED) is 0.777. The first-order valence-electron chi connectivity index (χ1n) is 6.26. The lowest BCUT2D eigenvalue weighted by Crippen LogP contribution is -2.33. The van der Waals surface area contributed by atoms with Gasteiger partial charge in [0.2, 0.25) is 5.91 Å². The third kappa shape index (κ3) is 3.01. The molecule has 1 amide bonds. The Hall–Kier alpha value is -1.55. The molecule has 0 aliphatic carbocycles. The third-order valence-electron chi connectivity index (χ3n) is 3.38. The predicted molar refractivity (Wildman–Crippen MR) is 67.9 cm³/mol. The van der Waals surface area contributed by atoms with E-state index in [9.17, 15) is 9.90 Å². The van der Waals surface area contributed by atoms with E-state index in [2.05, 4.69) is 6.58 Å². The number of hydrogen-bond donors (Lipinski definition) is 1. The van der Waals surface area contributed by atoms with Crippen LogP contribution >= 0.6 is 0 Å². The molecule has 18 heavy (non-hydrogen) atoms. The summed E-state index contributed by atoms with van der Waals surface area (Å²) in [6.45, 7) is 5.09. The summed E-state index contributed by atoms with van der Waals surface area (Å²) in [6.07, 6.45) is 4.66. The molecule has 2 atom stereocenters. The summed E-state index contributed by atoms with van der Waals surface area (Å²) in [7, 11) is 0. The summed E-state index contributed by atoms with van der Waals surface area (Å²) in [5.41, 5.74) is 0. The van der Waals surface area contributed by atoms with Crippen LogP contribution in [-0.2, 0) is 11.2 Å². The van der Waals surface area contributed by atoms with Gasteiger partial charge >= 0.3 is 0 Å². The van der Waals surface area contributed by atoms with Crippen molar-refractivity contribution >= 4 is 5.91 Å². The van der Waals surface area contributed by atoms with Gasteiger partial charge in [-0.1, -0.05) is 6.08 Å². The van der Waals surface area contributed by atoms with Crippen LogP contribution in [0, 0.1) is 11.8 Å². The van der Waals surface area contributed by atoms with E-state index in [0.29, 0.717) is 19.4 Å². The molecule has 1 aromatic rings. The maximum atomic E-state index is 11.8. The van der Waals surface area contributed by atoms with Crippen LogP contribution in [0.4, 0.5) is 0 Å². The van der Waals surface area contributed by atoms with Gasteiger partial charge < -0.3 is 14.4 Å². The van der Waals surface area contributed by atoms with E-state index in [0.717, 1.165) is 12.3 Å². The van der Waals surface area contributed by atoms with Crippen LogP contribution in [0.3, 0.4) is 0 Å². The van der Waals surface area contributed by atoms with Gasteiger partial charge in [-0.05, 0) is 12.1 Å². The van der Waals surface area contributed by atoms with E-state index in [1.807, 2.05) is 23.1 Å². The largest absolute Gasteiger partial charge is 0.469 e. The van der Waals surface area contributed by atoms with Crippen LogP contribution < -0.4 is 0 Å². The Morgan fingerprint density at radius 3 is 3.06 bits per heavy atom. The first kappa shape index (κ1) is 12.9. The normalized spacial score (nSPS) is 21.3. The third-order valence-corrected chi connectivity index (χ3v) is 3.38. The second-order valence-electron chi connectivity index (χ2n) is 4.83. The Balaban J connectivity index is 1.90. The summed E-state index contributed by atoms with van der Waals surface area (Å²) in [5, 5.41) is 9.39. The average molecular weight is 249 g/mol. The maximum absolute atomic E-state index is 11.8. The van der Waals surface area contributed by atoms with E-state index >= 15 is 0 Å². The van der Waals surface area contributed by atoms with E-state index in [-0.39, 0.29) is 24.3 Å². The number of aliphatic hydroxyl groups excluding tert-OH is 1. The fourth-order valence-corrected chi connectivity index (χ4v) is 2.35. The Bertz CT molecular complexity index is 399. The number of likely N-dealkylation sites (tertiary alicyclic amines) is 1. The van der Waals surface area contributed by atoms with Gasteiger partial charge in [0.25, 0.3) is 0 Å². The van der Waals surface area contributed by atoms with Crippen molar-refractivity contribution in [3.8, 4) is 0 Å². The van der Waals surface area contributed by atoms with Crippen molar-refractivity contribution in [1.82, 2.24) is 4.90 Å². The Morgan fingerprint density at radius 2 is 2.50 bits per heavy atom. The first-order valence-corrected chi connectivity index (χ1v) is 6.26. The number of aliphatic hydroxyl groups is 1. The molecule has 0 aromatic carbocycles. The van der Waals surface area contributed by atoms with Crippen LogP contribution in [0.5, 0.6) is 0 Å². The van der Waals surface area contributed by atoms with Crippen molar-refractivity contribution in [3.05, 3.63) is 36.8 Å². The minimum Gasteiger partial charge on any atom is -0.469 e. The number of furan rings is 1. The zero-order chi connectivity index (χ0) is 13.0. The molecular formula is C14H19NO3. The summed E-state index contributed by atoms with van der Waals surface area (Å²) < 4.78 is 5.27. The first-order chi connectivity index (χ1) is 8.72. The molecule has 1 aliphatic heterocycles. The second-order valence-corrected chi connectivity index (χ2v) is 4.83. The van der Waals surface area contributed by atoms with Crippen LogP contribution in [0.25, 0.3) is 0 Å². The smallest absolute Gasteiger partial charge is 0.223 e. The molecule has 1 aliphatic rings. The highest BCUT2D eigenvalue weighted by Gasteiger charge is 2.29. The van der Waals surface area contributed by atoms with Crippen LogP contribution in [0.2, 0.25) is 0 Å². The standard InChI is InChI=1S/C14H19NO3/c1-2-11-7-14(17)15(8-11)9-12(10-16)6-13-4-3-5-18-13/h2-5,11-12,16H,1,6-10H2. The molecule has 0 radical (unpaired) electrons. The fraction of sp³-hybridized carbons (Fsp3) is 0.500.